The zero-order valence-electron chi connectivity index (χ0n) is 45.3. The molecule has 1 heterocycles. The van der Waals surface area contributed by atoms with Gasteiger partial charge < -0.3 is 40.3 Å². The van der Waals surface area contributed by atoms with Crippen LogP contribution < -0.4 is 5.32 Å². The van der Waals surface area contributed by atoms with Gasteiger partial charge in [-0.3, -0.25) is 4.79 Å². The van der Waals surface area contributed by atoms with Gasteiger partial charge in [0, 0.05) is 6.42 Å². The summed E-state index contributed by atoms with van der Waals surface area (Å²) in [6.45, 7) is 3.59. The quantitative estimate of drug-likeness (QED) is 0.0261. The number of amides is 1. The molecule has 0 aliphatic carbocycles. The van der Waals surface area contributed by atoms with Gasteiger partial charge in [0.2, 0.25) is 5.91 Å². The molecule has 410 valence electrons. The van der Waals surface area contributed by atoms with Crippen LogP contribution in [0.2, 0.25) is 0 Å². The predicted octanol–water partition coefficient (Wildman–Crippen LogP) is 14.1. The Bertz CT molecular complexity index is 1690. The van der Waals surface area contributed by atoms with Crippen molar-refractivity contribution in [2.45, 2.75) is 224 Å². The third kappa shape index (κ3) is 40.8. The Kier molecular flexibility index (Phi) is 47.0. The highest BCUT2D eigenvalue weighted by Gasteiger charge is 2.44. The third-order valence-corrected chi connectivity index (χ3v) is 12.1. The summed E-state index contributed by atoms with van der Waals surface area (Å²) in [7, 11) is 0. The number of ether oxygens (including phenoxy) is 2. The average molecular weight is 1010 g/mol. The van der Waals surface area contributed by atoms with Crippen LogP contribution in [0, 0.1) is 0 Å². The lowest BCUT2D eigenvalue weighted by atomic mass is 9.99. The van der Waals surface area contributed by atoms with E-state index in [-0.39, 0.29) is 18.9 Å². The van der Waals surface area contributed by atoms with Crippen molar-refractivity contribution in [3.8, 4) is 0 Å². The Balaban J connectivity index is 2.22. The normalized spacial score (nSPS) is 20.3. The van der Waals surface area contributed by atoms with Crippen molar-refractivity contribution in [1.29, 1.82) is 0 Å². The number of nitrogens with one attached hydrogen (secondary N) is 1. The first-order valence-electron chi connectivity index (χ1n) is 28.2. The first kappa shape index (κ1) is 66.8. The summed E-state index contributed by atoms with van der Waals surface area (Å²) in [5.74, 6) is -0.228. The summed E-state index contributed by atoms with van der Waals surface area (Å²) in [5, 5.41) is 54.2. The van der Waals surface area contributed by atoms with Gasteiger partial charge in [-0.2, -0.15) is 0 Å². The number of hydrogen-bond acceptors (Lipinski definition) is 8. The van der Waals surface area contributed by atoms with Crippen LogP contribution in [0.5, 0.6) is 0 Å². The van der Waals surface area contributed by atoms with Crippen molar-refractivity contribution in [3.05, 3.63) is 158 Å². The van der Waals surface area contributed by atoms with E-state index >= 15 is 0 Å². The molecule has 7 unspecified atom stereocenters. The van der Waals surface area contributed by atoms with Crippen LogP contribution >= 0.6 is 0 Å². The number of aliphatic hydroxyl groups is 5. The van der Waals surface area contributed by atoms with Crippen LogP contribution in [0.15, 0.2) is 158 Å². The minimum atomic E-state index is -1.58. The lowest BCUT2D eigenvalue weighted by Crippen LogP contribution is -2.60. The van der Waals surface area contributed by atoms with Gasteiger partial charge in [0.15, 0.2) is 6.29 Å². The standard InChI is InChI=1S/C64H101NO8/c1-3-5-7-9-11-13-15-16-17-18-19-20-21-22-23-24-25-26-27-28-29-30-31-32-33-34-35-36-37-38-39-40-41-42-44-46-48-50-52-54-60(68)65-57(56-72-64-63(71)62(70)61(69)59(55-66)73-64)58(67)53-51-49-47-45-43-14-12-10-8-6-4-2/h5,7,11,13,16-17,19-20,22-23,25-26,28-29,31-32,34-35,37-38,40-41,44,46,51,53,57-59,61-64,66-67,69-71H,3-4,6,8-10,12,14-15,18,21,24,27,30,33,36,39,42-43,45,47-50,52,54-56H2,1-2H3,(H,65,68)/b7-5-,13-11-,17-16-,20-19-,23-22-,26-25-,29-28-,32-31-,35-34-,38-37-,41-40-,46-44-,53-51+. The molecule has 1 amide bonds. The van der Waals surface area contributed by atoms with E-state index in [1.807, 2.05) is 6.08 Å². The molecular formula is C64H101NO8. The van der Waals surface area contributed by atoms with Gasteiger partial charge in [-0.1, -0.05) is 223 Å². The summed E-state index contributed by atoms with van der Waals surface area (Å²) in [6, 6.07) is -0.839. The number of aliphatic hydroxyl groups excluding tert-OH is 5. The molecule has 6 N–H and O–H groups in total. The molecular weight excluding hydrogens is 911 g/mol. The van der Waals surface area contributed by atoms with E-state index in [0.717, 1.165) is 109 Å². The van der Waals surface area contributed by atoms with Gasteiger partial charge in [0.05, 0.1) is 25.4 Å². The van der Waals surface area contributed by atoms with Gasteiger partial charge in [-0.05, 0) is 109 Å². The summed E-state index contributed by atoms with van der Waals surface area (Å²) < 4.78 is 11.2. The summed E-state index contributed by atoms with van der Waals surface area (Å²) in [6.07, 6.45) is 74.6. The van der Waals surface area contributed by atoms with Crippen molar-refractivity contribution in [2.24, 2.45) is 0 Å². The van der Waals surface area contributed by atoms with E-state index in [4.69, 9.17) is 9.47 Å². The second-order valence-electron chi connectivity index (χ2n) is 18.6. The lowest BCUT2D eigenvalue weighted by Gasteiger charge is -2.40. The number of allylic oxidation sites excluding steroid dienone is 25. The zero-order valence-corrected chi connectivity index (χ0v) is 45.3. The molecule has 9 nitrogen and oxygen atoms in total. The Morgan fingerprint density at radius 2 is 0.849 bits per heavy atom. The topological polar surface area (TPSA) is 149 Å². The predicted molar refractivity (Wildman–Crippen MR) is 308 cm³/mol. The van der Waals surface area contributed by atoms with Crippen LogP contribution in [0.3, 0.4) is 0 Å². The molecule has 0 aromatic heterocycles. The summed E-state index contributed by atoms with van der Waals surface area (Å²) in [5.41, 5.74) is 0. The number of rotatable bonds is 45. The Morgan fingerprint density at radius 3 is 1.26 bits per heavy atom. The Morgan fingerprint density at radius 1 is 0.479 bits per heavy atom. The van der Waals surface area contributed by atoms with Crippen LogP contribution in [0.4, 0.5) is 0 Å². The third-order valence-electron chi connectivity index (χ3n) is 12.1. The second-order valence-corrected chi connectivity index (χ2v) is 18.6. The highest BCUT2D eigenvalue weighted by Crippen LogP contribution is 2.22. The fourth-order valence-corrected chi connectivity index (χ4v) is 7.66. The van der Waals surface area contributed by atoms with Crippen molar-refractivity contribution >= 4 is 5.91 Å². The van der Waals surface area contributed by atoms with Crippen molar-refractivity contribution in [3.63, 3.8) is 0 Å². The van der Waals surface area contributed by atoms with Crippen LogP contribution in [-0.2, 0) is 14.3 Å². The maximum atomic E-state index is 13.0. The fraction of sp³-hybridized carbons (Fsp3) is 0.578. The summed E-state index contributed by atoms with van der Waals surface area (Å²) >= 11 is 0. The molecule has 0 radical (unpaired) electrons. The van der Waals surface area contributed by atoms with E-state index in [1.54, 1.807) is 6.08 Å². The summed E-state index contributed by atoms with van der Waals surface area (Å²) in [4.78, 5) is 13.0. The molecule has 0 aromatic carbocycles. The first-order chi connectivity index (χ1) is 35.8. The maximum absolute atomic E-state index is 13.0. The van der Waals surface area contributed by atoms with Crippen LogP contribution in [0.25, 0.3) is 0 Å². The molecule has 73 heavy (non-hydrogen) atoms. The average Bonchev–Trinajstić information content (AvgIpc) is 3.39. The van der Waals surface area contributed by atoms with Crippen LogP contribution in [-0.4, -0.2) is 87.5 Å². The second kappa shape index (κ2) is 51.3. The van der Waals surface area contributed by atoms with Crippen LogP contribution in [0.1, 0.15) is 181 Å². The van der Waals surface area contributed by atoms with Gasteiger partial charge in [-0.25, -0.2) is 0 Å². The van der Waals surface area contributed by atoms with Gasteiger partial charge in [-0.15, -0.1) is 0 Å². The highest BCUT2D eigenvalue weighted by molar-refractivity contribution is 5.76. The maximum Gasteiger partial charge on any atom is 0.220 e. The SMILES string of the molecule is CC/C=C\C/C=C\C/C=C\C/C=C\C/C=C\C/C=C\C/C=C\C/C=C\C/C=C\C/C=C\C/C=C\C/C=C\CCCCC(=O)NC(COC1OC(CO)C(O)C(O)C1O)C(O)/C=C/CCCCCCCCCCC. The molecule has 0 aromatic rings. The molecule has 7 atom stereocenters. The van der Waals surface area contributed by atoms with Gasteiger partial charge >= 0.3 is 0 Å². The Labute approximate surface area is 444 Å². The minimum Gasteiger partial charge on any atom is -0.394 e. The van der Waals surface area contributed by atoms with E-state index < -0.39 is 49.5 Å². The van der Waals surface area contributed by atoms with Crippen molar-refractivity contribution in [1.82, 2.24) is 5.32 Å². The van der Waals surface area contributed by atoms with E-state index in [0.29, 0.717) is 6.42 Å². The van der Waals surface area contributed by atoms with E-state index in [9.17, 15) is 30.3 Å². The fourth-order valence-electron chi connectivity index (χ4n) is 7.66. The largest absolute Gasteiger partial charge is 0.394 e. The lowest BCUT2D eigenvalue weighted by molar-refractivity contribution is -0.302. The molecule has 1 saturated heterocycles. The molecule has 1 aliphatic rings. The first-order valence-corrected chi connectivity index (χ1v) is 28.2. The molecule has 1 fully saturated rings. The number of hydrogen-bond donors (Lipinski definition) is 6. The van der Waals surface area contributed by atoms with Crippen molar-refractivity contribution in [2.75, 3.05) is 13.2 Å². The molecule has 9 heteroatoms. The van der Waals surface area contributed by atoms with Crippen molar-refractivity contribution < 1.29 is 39.8 Å². The van der Waals surface area contributed by atoms with E-state index in [1.165, 1.54) is 44.9 Å². The molecule has 0 spiro atoms. The number of carbonyl (C=O) groups excluding carboxylic acids is 1. The van der Waals surface area contributed by atoms with Gasteiger partial charge in [0.1, 0.15) is 24.4 Å². The number of carbonyl (C=O) groups is 1. The number of unbranched alkanes of at least 4 members (excludes halogenated alkanes) is 11. The molecule has 0 bridgehead atoms. The highest BCUT2D eigenvalue weighted by atomic mass is 16.7. The van der Waals surface area contributed by atoms with Gasteiger partial charge in [0.25, 0.3) is 0 Å². The Hall–Kier alpha value is -4.19. The van der Waals surface area contributed by atoms with E-state index in [2.05, 4.69) is 165 Å². The molecule has 1 rings (SSSR count). The minimum absolute atomic E-state index is 0.217. The zero-order chi connectivity index (χ0) is 52.9. The molecule has 1 aliphatic heterocycles. The molecule has 0 saturated carbocycles. The smallest absolute Gasteiger partial charge is 0.220 e. The monoisotopic (exact) mass is 1010 g/mol.